The topological polar surface area (TPSA) is 15.8 Å². The van der Waals surface area contributed by atoms with Gasteiger partial charge in [0.25, 0.3) is 0 Å². The first-order valence-electron chi connectivity index (χ1n) is 6.45. The Balaban J connectivity index is 2.32. The summed E-state index contributed by atoms with van der Waals surface area (Å²) in [4.78, 5) is 3.54. The van der Waals surface area contributed by atoms with Crippen molar-refractivity contribution in [2.75, 3.05) is 0 Å². The first-order chi connectivity index (χ1) is 7.86. The van der Waals surface area contributed by atoms with Crippen molar-refractivity contribution < 1.29 is 0 Å². The predicted octanol–water partition coefficient (Wildman–Crippen LogP) is 4.46. The minimum atomic E-state index is 1.11. The highest BCUT2D eigenvalue weighted by atomic mass is 14.7. The number of hydrogen-bond donors (Lipinski definition) is 1. The summed E-state index contributed by atoms with van der Waals surface area (Å²) < 4.78 is 0. The molecule has 0 spiro atoms. The number of unbranched alkanes of at least 4 members (excludes halogenated alkanes) is 2. The number of hydrogen-bond acceptors (Lipinski definition) is 0. The van der Waals surface area contributed by atoms with Gasteiger partial charge in [0.2, 0.25) is 0 Å². The van der Waals surface area contributed by atoms with Crippen LogP contribution >= 0.6 is 0 Å². The average molecular weight is 215 g/mol. The van der Waals surface area contributed by atoms with Crippen LogP contribution in [0, 0.1) is 0 Å². The van der Waals surface area contributed by atoms with Gasteiger partial charge in [0.05, 0.1) is 0 Å². The van der Waals surface area contributed by atoms with Gasteiger partial charge in [-0.2, -0.15) is 0 Å². The molecule has 0 fully saturated rings. The third kappa shape index (κ3) is 2.13. The fourth-order valence-corrected chi connectivity index (χ4v) is 2.39. The first kappa shape index (κ1) is 11.3. The molecule has 1 aromatic carbocycles. The van der Waals surface area contributed by atoms with Crippen LogP contribution in [0.2, 0.25) is 0 Å². The van der Waals surface area contributed by atoms with E-state index in [-0.39, 0.29) is 0 Å². The number of nitrogens with one attached hydrogen (secondary N) is 1. The summed E-state index contributed by atoms with van der Waals surface area (Å²) in [5.74, 6) is 0. The lowest BCUT2D eigenvalue weighted by Crippen LogP contribution is -1.90. The number of benzene rings is 1. The van der Waals surface area contributed by atoms with Crippen molar-refractivity contribution >= 4 is 10.9 Å². The molecule has 0 aliphatic rings. The van der Waals surface area contributed by atoms with Gasteiger partial charge in [-0.05, 0) is 30.9 Å². The SMILES string of the molecule is CCCCCc1c(CC)[nH]c2ccccc12. The Bertz CT molecular complexity index is 453. The predicted molar refractivity (Wildman–Crippen MR) is 70.9 cm³/mol. The summed E-state index contributed by atoms with van der Waals surface area (Å²) in [5, 5.41) is 1.43. The fraction of sp³-hybridized carbons (Fsp3) is 0.467. The van der Waals surface area contributed by atoms with E-state index in [2.05, 4.69) is 43.1 Å². The molecule has 1 heteroatoms. The van der Waals surface area contributed by atoms with Crippen molar-refractivity contribution in [2.24, 2.45) is 0 Å². The second kappa shape index (κ2) is 5.20. The zero-order valence-corrected chi connectivity index (χ0v) is 10.3. The maximum atomic E-state index is 3.54. The van der Waals surface area contributed by atoms with E-state index in [1.54, 1.807) is 5.56 Å². The molecule has 1 nitrogen and oxygen atoms in total. The third-order valence-electron chi connectivity index (χ3n) is 3.29. The molecular weight excluding hydrogens is 194 g/mol. The summed E-state index contributed by atoms with van der Waals surface area (Å²) in [5.41, 5.74) is 4.27. The number of aryl methyl sites for hydroxylation is 2. The number of fused-ring (bicyclic) bond motifs is 1. The van der Waals surface area contributed by atoms with Gasteiger partial charge in [-0.3, -0.25) is 0 Å². The highest BCUT2D eigenvalue weighted by molar-refractivity contribution is 5.84. The number of rotatable bonds is 5. The Morgan fingerprint density at radius 1 is 1.06 bits per heavy atom. The molecule has 2 aromatic rings. The van der Waals surface area contributed by atoms with E-state index < -0.39 is 0 Å². The normalized spacial score (nSPS) is 11.1. The molecule has 0 saturated carbocycles. The van der Waals surface area contributed by atoms with Crippen molar-refractivity contribution in [3.05, 3.63) is 35.5 Å². The van der Waals surface area contributed by atoms with Crippen molar-refractivity contribution in [1.82, 2.24) is 4.98 Å². The van der Waals surface area contributed by atoms with Crippen molar-refractivity contribution in [2.45, 2.75) is 46.0 Å². The lowest BCUT2D eigenvalue weighted by atomic mass is 10.0. The van der Waals surface area contributed by atoms with Crippen LogP contribution in [0.5, 0.6) is 0 Å². The second-order valence-electron chi connectivity index (χ2n) is 4.44. The highest BCUT2D eigenvalue weighted by Crippen LogP contribution is 2.24. The molecule has 1 aromatic heterocycles. The van der Waals surface area contributed by atoms with Crippen LogP contribution in [-0.2, 0) is 12.8 Å². The van der Waals surface area contributed by atoms with Gasteiger partial charge in [-0.1, -0.05) is 44.9 Å². The van der Waals surface area contributed by atoms with Crippen LogP contribution in [0.25, 0.3) is 10.9 Å². The summed E-state index contributed by atoms with van der Waals surface area (Å²) in [7, 11) is 0. The lowest BCUT2D eigenvalue weighted by Gasteiger charge is -2.02. The smallest absolute Gasteiger partial charge is 0.0458 e. The number of para-hydroxylation sites is 1. The van der Waals surface area contributed by atoms with Crippen LogP contribution in [-0.4, -0.2) is 4.98 Å². The Kier molecular flexibility index (Phi) is 3.66. The highest BCUT2D eigenvalue weighted by Gasteiger charge is 2.08. The molecule has 2 rings (SSSR count). The van der Waals surface area contributed by atoms with E-state index >= 15 is 0 Å². The summed E-state index contributed by atoms with van der Waals surface area (Å²) in [6, 6.07) is 8.66. The molecule has 0 radical (unpaired) electrons. The van der Waals surface area contributed by atoms with Gasteiger partial charge in [-0.15, -0.1) is 0 Å². The van der Waals surface area contributed by atoms with Gasteiger partial charge in [0.1, 0.15) is 0 Å². The Morgan fingerprint density at radius 3 is 2.62 bits per heavy atom. The molecule has 0 aliphatic heterocycles. The number of aromatic amines is 1. The van der Waals surface area contributed by atoms with Gasteiger partial charge in [0.15, 0.2) is 0 Å². The quantitative estimate of drug-likeness (QED) is 0.709. The molecule has 0 unspecified atom stereocenters. The molecule has 16 heavy (non-hydrogen) atoms. The van der Waals surface area contributed by atoms with E-state index in [1.165, 1.54) is 42.3 Å². The maximum absolute atomic E-state index is 3.54. The summed E-state index contributed by atoms with van der Waals surface area (Å²) >= 11 is 0. The zero-order valence-electron chi connectivity index (χ0n) is 10.3. The van der Waals surface area contributed by atoms with Crippen molar-refractivity contribution in [1.29, 1.82) is 0 Å². The molecule has 0 amide bonds. The van der Waals surface area contributed by atoms with E-state index in [9.17, 15) is 0 Å². The zero-order chi connectivity index (χ0) is 11.4. The monoisotopic (exact) mass is 215 g/mol. The van der Waals surface area contributed by atoms with Gasteiger partial charge >= 0.3 is 0 Å². The van der Waals surface area contributed by atoms with Crippen LogP contribution < -0.4 is 0 Å². The van der Waals surface area contributed by atoms with Crippen LogP contribution in [0.1, 0.15) is 44.4 Å². The molecule has 0 saturated heterocycles. The summed E-state index contributed by atoms with van der Waals surface area (Å²) in [6.07, 6.45) is 6.27. The Labute approximate surface area is 97.9 Å². The molecule has 0 bridgehead atoms. The minimum absolute atomic E-state index is 1.11. The number of H-pyrrole nitrogens is 1. The molecule has 1 N–H and O–H groups in total. The maximum Gasteiger partial charge on any atom is 0.0458 e. The summed E-state index contributed by atoms with van der Waals surface area (Å²) in [6.45, 7) is 4.49. The lowest BCUT2D eigenvalue weighted by molar-refractivity contribution is 0.715. The molecule has 1 heterocycles. The largest absolute Gasteiger partial charge is 0.358 e. The molecule has 0 atom stereocenters. The van der Waals surface area contributed by atoms with Crippen molar-refractivity contribution in [3.8, 4) is 0 Å². The van der Waals surface area contributed by atoms with E-state index in [0.717, 1.165) is 6.42 Å². The van der Waals surface area contributed by atoms with Gasteiger partial charge in [-0.25, -0.2) is 0 Å². The molecule has 0 aliphatic carbocycles. The van der Waals surface area contributed by atoms with Gasteiger partial charge < -0.3 is 4.98 Å². The Hall–Kier alpha value is -1.24. The van der Waals surface area contributed by atoms with Crippen molar-refractivity contribution in [3.63, 3.8) is 0 Å². The third-order valence-corrected chi connectivity index (χ3v) is 3.29. The molecule has 86 valence electrons. The van der Waals surface area contributed by atoms with Crippen LogP contribution in [0.15, 0.2) is 24.3 Å². The molecular formula is C15H21N. The van der Waals surface area contributed by atoms with E-state index in [0.29, 0.717) is 0 Å². The second-order valence-corrected chi connectivity index (χ2v) is 4.44. The average Bonchev–Trinajstić information content (AvgIpc) is 2.68. The minimum Gasteiger partial charge on any atom is -0.358 e. The Morgan fingerprint density at radius 2 is 1.88 bits per heavy atom. The fourth-order valence-electron chi connectivity index (χ4n) is 2.39. The number of aromatic nitrogens is 1. The first-order valence-corrected chi connectivity index (χ1v) is 6.45. The van der Waals surface area contributed by atoms with E-state index in [4.69, 9.17) is 0 Å². The van der Waals surface area contributed by atoms with Gasteiger partial charge in [0, 0.05) is 16.6 Å². The van der Waals surface area contributed by atoms with Crippen LogP contribution in [0.3, 0.4) is 0 Å². The standard InChI is InChI=1S/C15H21N/c1-3-5-6-9-12-13-10-7-8-11-15(13)16-14(12)4-2/h7-8,10-11,16H,3-6,9H2,1-2H3. The van der Waals surface area contributed by atoms with E-state index in [1.807, 2.05) is 0 Å². The van der Waals surface area contributed by atoms with Crippen LogP contribution in [0.4, 0.5) is 0 Å².